The van der Waals surface area contributed by atoms with Crippen molar-refractivity contribution in [2.45, 2.75) is 26.8 Å². The number of nitro benzene ring substituents is 1. The highest BCUT2D eigenvalue weighted by molar-refractivity contribution is 5.56. The van der Waals surface area contributed by atoms with Crippen LogP contribution in [0.3, 0.4) is 0 Å². The number of H-pyrrole nitrogens is 1. The van der Waals surface area contributed by atoms with Crippen molar-refractivity contribution < 1.29 is 9.66 Å². The van der Waals surface area contributed by atoms with E-state index in [1.54, 1.807) is 12.3 Å². The third-order valence-electron chi connectivity index (χ3n) is 2.99. The molecule has 1 heterocycles. The second-order valence-corrected chi connectivity index (χ2v) is 4.69. The first-order chi connectivity index (χ1) is 10.1. The molecule has 0 spiro atoms. The molecule has 0 fully saturated rings. The molecule has 0 radical (unpaired) electrons. The molecule has 0 aliphatic rings. The van der Waals surface area contributed by atoms with Gasteiger partial charge in [-0.3, -0.25) is 15.2 Å². The second-order valence-electron chi connectivity index (χ2n) is 4.69. The number of hydrogen-bond acceptors (Lipinski definition) is 5. The van der Waals surface area contributed by atoms with E-state index in [0.29, 0.717) is 24.6 Å². The van der Waals surface area contributed by atoms with Crippen molar-refractivity contribution in [1.29, 1.82) is 0 Å². The fourth-order valence-electron chi connectivity index (χ4n) is 1.85. The largest absolute Gasteiger partial charge is 0.493 e. The number of nitro groups is 1. The van der Waals surface area contributed by atoms with E-state index in [1.165, 1.54) is 12.1 Å². The summed E-state index contributed by atoms with van der Waals surface area (Å²) in [5.74, 6) is 0.498. The molecular formula is C14H18N4O3. The van der Waals surface area contributed by atoms with Gasteiger partial charge in [0.25, 0.3) is 5.69 Å². The minimum absolute atomic E-state index is 0.00928. The number of aromatic amines is 1. The lowest BCUT2D eigenvalue weighted by Crippen LogP contribution is -2.02. The fraction of sp³-hybridized carbons (Fsp3) is 0.357. The van der Waals surface area contributed by atoms with Crippen molar-refractivity contribution in [3.63, 3.8) is 0 Å². The van der Waals surface area contributed by atoms with Crippen LogP contribution in [0.4, 0.5) is 11.4 Å². The zero-order chi connectivity index (χ0) is 15.2. The van der Waals surface area contributed by atoms with Crippen LogP contribution in [0.2, 0.25) is 0 Å². The van der Waals surface area contributed by atoms with Crippen LogP contribution in [0, 0.1) is 17.0 Å². The van der Waals surface area contributed by atoms with Crippen molar-refractivity contribution in [2.75, 3.05) is 11.9 Å². The highest BCUT2D eigenvalue weighted by atomic mass is 16.6. The van der Waals surface area contributed by atoms with Crippen molar-refractivity contribution in [2.24, 2.45) is 0 Å². The highest BCUT2D eigenvalue weighted by Gasteiger charge is 2.11. The van der Waals surface area contributed by atoms with Gasteiger partial charge in [0.15, 0.2) is 0 Å². The average molecular weight is 290 g/mol. The maximum Gasteiger partial charge on any atom is 0.275 e. The normalized spacial score (nSPS) is 10.4. The smallest absolute Gasteiger partial charge is 0.275 e. The Morgan fingerprint density at radius 3 is 2.86 bits per heavy atom. The number of aromatic nitrogens is 2. The molecule has 0 saturated heterocycles. The number of nitrogens with one attached hydrogen (secondary N) is 2. The minimum atomic E-state index is -0.424. The average Bonchev–Trinajstić information content (AvgIpc) is 2.88. The molecule has 7 nitrogen and oxygen atoms in total. The lowest BCUT2D eigenvalue weighted by molar-refractivity contribution is -0.384. The number of benzene rings is 1. The summed E-state index contributed by atoms with van der Waals surface area (Å²) in [5, 5.41) is 20.9. The van der Waals surface area contributed by atoms with E-state index in [4.69, 9.17) is 4.74 Å². The third-order valence-corrected chi connectivity index (χ3v) is 2.99. The SMILES string of the molecule is CCCOc1cc(NCc2cn[nH]c2C)cc([N+](=O)[O-])c1. The highest BCUT2D eigenvalue weighted by Crippen LogP contribution is 2.26. The van der Waals surface area contributed by atoms with Gasteiger partial charge in [-0.15, -0.1) is 0 Å². The van der Waals surface area contributed by atoms with E-state index < -0.39 is 4.92 Å². The summed E-state index contributed by atoms with van der Waals surface area (Å²) in [6, 6.07) is 4.69. The number of ether oxygens (including phenoxy) is 1. The summed E-state index contributed by atoms with van der Waals surface area (Å²) in [7, 11) is 0. The molecule has 0 bridgehead atoms. The Kier molecular flexibility index (Phi) is 4.76. The molecule has 21 heavy (non-hydrogen) atoms. The molecule has 0 saturated carbocycles. The molecule has 2 N–H and O–H groups in total. The molecule has 0 aliphatic heterocycles. The topological polar surface area (TPSA) is 93.1 Å². The van der Waals surface area contributed by atoms with Gasteiger partial charge in [0.2, 0.25) is 0 Å². The molecule has 0 atom stereocenters. The zero-order valence-electron chi connectivity index (χ0n) is 12.0. The lowest BCUT2D eigenvalue weighted by atomic mass is 10.2. The Labute approximate surface area is 122 Å². The molecule has 2 rings (SSSR count). The minimum Gasteiger partial charge on any atom is -0.493 e. The van der Waals surface area contributed by atoms with Gasteiger partial charge < -0.3 is 10.1 Å². The third kappa shape index (κ3) is 3.95. The van der Waals surface area contributed by atoms with Crippen LogP contribution in [0.5, 0.6) is 5.75 Å². The quantitative estimate of drug-likeness (QED) is 0.604. The summed E-state index contributed by atoms with van der Waals surface area (Å²) in [5.41, 5.74) is 2.64. The van der Waals surface area contributed by atoms with E-state index in [0.717, 1.165) is 17.7 Å². The van der Waals surface area contributed by atoms with Gasteiger partial charge in [0.05, 0.1) is 23.8 Å². The Bertz CT molecular complexity index is 624. The number of hydrogen-bond donors (Lipinski definition) is 2. The lowest BCUT2D eigenvalue weighted by Gasteiger charge is -2.09. The maximum absolute atomic E-state index is 11.0. The summed E-state index contributed by atoms with van der Waals surface area (Å²) < 4.78 is 5.48. The van der Waals surface area contributed by atoms with Crippen molar-refractivity contribution >= 4 is 11.4 Å². The monoisotopic (exact) mass is 290 g/mol. The van der Waals surface area contributed by atoms with Gasteiger partial charge in [0, 0.05) is 35.6 Å². The number of non-ortho nitro benzene ring substituents is 1. The standard InChI is InChI=1S/C14H18N4O3/c1-3-4-21-14-6-12(5-13(7-14)18(19)20)15-8-11-9-16-17-10(11)2/h5-7,9,15H,3-4,8H2,1-2H3,(H,16,17). The van der Waals surface area contributed by atoms with E-state index in [-0.39, 0.29) is 5.69 Å². The van der Waals surface area contributed by atoms with E-state index >= 15 is 0 Å². The van der Waals surface area contributed by atoms with E-state index in [9.17, 15) is 10.1 Å². The number of aryl methyl sites for hydroxylation is 1. The first kappa shape index (κ1) is 14.8. The Balaban J connectivity index is 2.15. The summed E-state index contributed by atoms with van der Waals surface area (Å²) >= 11 is 0. The van der Waals surface area contributed by atoms with Crippen LogP contribution in [0.15, 0.2) is 24.4 Å². The molecule has 2 aromatic rings. The predicted octanol–water partition coefficient (Wildman–Crippen LogP) is 3.03. The van der Waals surface area contributed by atoms with Gasteiger partial charge in [-0.05, 0) is 13.3 Å². The molecule has 0 aliphatic carbocycles. The first-order valence-electron chi connectivity index (χ1n) is 6.75. The van der Waals surface area contributed by atoms with Crippen LogP contribution in [-0.2, 0) is 6.54 Å². The van der Waals surface area contributed by atoms with Crippen molar-refractivity contribution in [1.82, 2.24) is 10.2 Å². The van der Waals surface area contributed by atoms with Crippen LogP contribution >= 0.6 is 0 Å². The molecular weight excluding hydrogens is 272 g/mol. The molecule has 0 unspecified atom stereocenters. The van der Waals surface area contributed by atoms with Gasteiger partial charge in [-0.1, -0.05) is 6.92 Å². The van der Waals surface area contributed by atoms with E-state index in [2.05, 4.69) is 15.5 Å². The Hall–Kier alpha value is -2.57. The first-order valence-corrected chi connectivity index (χ1v) is 6.75. The summed E-state index contributed by atoms with van der Waals surface area (Å²) in [6.07, 6.45) is 2.58. The van der Waals surface area contributed by atoms with Crippen molar-refractivity contribution in [3.05, 3.63) is 45.8 Å². The molecule has 1 aromatic carbocycles. The Morgan fingerprint density at radius 2 is 2.24 bits per heavy atom. The van der Waals surface area contributed by atoms with Gasteiger partial charge in [0.1, 0.15) is 5.75 Å². The van der Waals surface area contributed by atoms with Gasteiger partial charge >= 0.3 is 0 Å². The van der Waals surface area contributed by atoms with Crippen LogP contribution in [-0.4, -0.2) is 21.7 Å². The summed E-state index contributed by atoms with van der Waals surface area (Å²) in [4.78, 5) is 10.5. The van der Waals surface area contributed by atoms with Gasteiger partial charge in [-0.2, -0.15) is 5.10 Å². The molecule has 0 amide bonds. The van der Waals surface area contributed by atoms with Gasteiger partial charge in [-0.25, -0.2) is 0 Å². The second kappa shape index (κ2) is 6.74. The molecule has 112 valence electrons. The van der Waals surface area contributed by atoms with Crippen LogP contribution in [0.25, 0.3) is 0 Å². The van der Waals surface area contributed by atoms with Crippen LogP contribution < -0.4 is 10.1 Å². The molecule has 7 heteroatoms. The van der Waals surface area contributed by atoms with E-state index in [1.807, 2.05) is 13.8 Å². The Morgan fingerprint density at radius 1 is 1.43 bits per heavy atom. The van der Waals surface area contributed by atoms with Crippen LogP contribution in [0.1, 0.15) is 24.6 Å². The van der Waals surface area contributed by atoms with Crippen molar-refractivity contribution in [3.8, 4) is 5.75 Å². The fourth-order valence-corrected chi connectivity index (χ4v) is 1.85. The number of anilines is 1. The predicted molar refractivity (Wildman–Crippen MR) is 79.5 cm³/mol. The summed E-state index contributed by atoms with van der Waals surface area (Å²) in [6.45, 7) is 4.98. The zero-order valence-corrected chi connectivity index (χ0v) is 12.0. The molecule has 1 aromatic heterocycles. The number of rotatable bonds is 7. The number of nitrogens with zero attached hydrogens (tertiary/aromatic N) is 2. The maximum atomic E-state index is 11.0.